The molecular formula is C15H15N3O2. The molecule has 2 aromatic rings. The molecule has 5 nitrogen and oxygen atoms in total. The minimum atomic E-state index is -0.107. The number of nitrogens with one attached hydrogen (secondary N) is 2. The molecule has 20 heavy (non-hydrogen) atoms. The maximum absolute atomic E-state index is 11.1. The van der Waals surface area contributed by atoms with Crippen molar-refractivity contribution in [3.05, 3.63) is 41.7 Å². The van der Waals surface area contributed by atoms with Gasteiger partial charge < -0.3 is 15.2 Å². The Labute approximate surface area is 116 Å². The second-order valence-electron chi connectivity index (χ2n) is 5.42. The van der Waals surface area contributed by atoms with E-state index in [0.29, 0.717) is 12.5 Å². The lowest BCUT2D eigenvalue weighted by Crippen LogP contribution is -2.21. The van der Waals surface area contributed by atoms with Crippen LogP contribution in [0.25, 0.3) is 11.3 Å². The molecule has 1 aromatic heterocycles. The van der Waals surface area contributed by atoms with Crippen LogP contribution in [0.15, 0.2) is 34.9 Å². The molecule has 1 aliphatic heterocycles. The number of carbonyl (C=O) groups excluding carboxylic acids is 1. The van der Waals surface area contributed by atoms with Crippen molar-refractivity contribution in [1.82, 2.24) is 15.8 Å². The highest BCUT2D eigenvalue weighted by Crippen LogP contribution is 2.41. The number of benzene rings is 1. The Bertz CT molecular complexity index is 643. The Morgan fingerprint density at radius 3 is 2.65 bits per heavy atom. The van der Waals surface area contributed by atoms with Crippen LogP contribution in [0.5, 0.6) is 0 Å². The smallest absolute Gasteiger partial charge is 0.315 e. The minimum Gasteiger partial charge on any atom is -0.360 e. The molecule has 1 aromatic carbocycles. The SMILES string of the molecule is O=C1NCC(c2ccc(-c3cc(C4CC4)on3)cc2)N1. The fourth-order valence-corrected chi connectivity index (χ4v) is 2.53. The average molecular weight is 269 g/mol. The van der Waals surface area contributed by atoms with Gasteiger partial charge in [-0.15, -0.1) is 0 Å². The fourth-order valence-electron chi connectivity index (χ4n) is 2.53. The van der Waals surface area contributed by atoms with E-state index in [2.05, 4.69) is 15.8 Å². The van der Waals surface area contributed by atoms with Gasteiger partial charge in [0.2, 0.25) is 0 Å². The first-order valence-corrected chi connectivity index (χ1v) is 6.91. The third kappa shape index (κ3) is 2.05. The Hall–Kier alpha value is -2.30. The van der Waals surface area contributed by atoms with Crippen molar-refractivity contribution in [3.63, 3.8) is 0 Å². The van der Waals surface area contributed by atoms with Crippen LogP contribution in [0.2, 0.25) is 0 Å². The van der Waals surface area contributed by atoms with Gasteiger partial charge in [0.1, 0.15) is 11.5 Å². The van der Waals surface area contributed by atoms with Crippen LogP contribution in [0, 0.1) is 0 Å². The van der Waals surface area contributed by atoms with Crippen LogP contribution < -0.4 is 10.6 Å². The number of hydrogen-bond acceptors (Lipinski definition) is 3. The van der Waals surface area contributed by atoms with E-state index in [4.69, 9.17) is 4.52 Å². The molecule has 2 N–H and O–H groups in total. The molecular weight excluding hydrogens is 254 g/mol. The van der Waals surface area contributed by atoms with E-state index in [1.807, 2.05) is 30.3 Å². The van der Waals surface area contributed by atoms with Crippen molar-refractivity contribution in [2.24, 2.45) is 0 Å². The van der Waals surface area contributed by atoms with Crippen molar-refractivity contribution < 1.29 is 9.32 Å². The van der Waals surface area contributed by atoms with Crippen molar-refractivity contribution in [2.75, 3.05) is 6.54 Å². The van der Waals surface area contributed by atoms with Crippen LogP contribution in [-0.2, 0) is 0 Å². The predicted molar refractivity (Wildman–Crippen MR) is 73.2 cm³/mol. The summed E-state index contributed by atoms with van der Waals surface area (Å²) in [5.74, 6) is 1.58. The Kier molecular flexibility index (Phi) is 2.52. The lowest BCUT2D eigenvalue weighted by atomic mass is 10.0. The Morgan fingerprint density at radius 2 is 2.00 bits per heavy atom. The number of hydrogen-bond donors (Lipinski definition) is 2. The first-order valence-electron chi connectivity index (χ1n) is 6.91. The van der Waals surface area contributed by atoms with Crippen LogP contribution in [0.1, 0.15) is 36.1 Å². The minimum absolute atomic E-state index is 0.0517. The standard InChI is InChI=1S/C15H15N3O2/c19-15-16-8-13(17-15)10-3-1-9(2-4-10)12-7-14(20-18-12)11-5-6-11/h1-4,7,11,13H,5-6,8H2,(H2,16,17,19). The van der Waals surface area contributed by atoms with Gasteiger partial charge in [-0.3, -0.25) is 0 Å². The topological polar surface area (TPSA) is 67.2 Å². The molecule has 0 bridgehead atoms. The second kappa shape index (κ2) is 4.37. The maximum Gasteiger partial charge on any atom is 0.315 e. The van der Waals surface area contributed by atoms with Gasteiger partial charge >= 0.3 is 6.03 Å². The normalized spacial score (nSPS) is 21.6. The zero-order valence-electron chi connectivity index (χ0n) is 10.9. The number of urea groups is 1. The summed E-state index contributed by atoms with van der Waals surface area (Å²) in [5.41, 5.74) is 3.02. The summed E-state index contributed by atoms with van der Waals surface area (Å²) in [4.78, 5) is 11.1. The van der Waals surface area contributed by atoms with E-state index in [1.165, 1.54) is 12.8 Å². The lowest BCUT2D eigenvalue weighted by molar-refractivity contribution is 0.247. The summed E-state index contributed by atoms with van der Waals surface area (Å²) >= 11 is 0. The van der Waals surface area contributed by atoms with E-state index in [9.17, 15) is 4.79 Å². The summed E-state index contributed by atoms with van der Waals surface area (Å²) in [6, 6.07) is 10.1. The van der Waals surface area contributed by atoms with Crippen molar-refractivity contribution in [3.8, 4) is 11.3 Å². The number of rotatable bonds is 3. The van der Waals surface area contributed by atoms with Crippen molar-refractivity contribution >= 4 is 6.03 Å². The van der Waals surface area contributed by atoms with Gasteiger partial charge in [0, 0.05) is 24.1 Å². The molecule has 0 radical (unpaired) electrons. The fraction of sp³-hybridized carbons (Fsp3) is 0.333. The number of carbonyl (C=O) groups is 1. The van der Waals surface area contributed by atoms with E-state index >= 15 is 0 Å². The molecule has 2 heterocycles. The molecule has 1 unspecified atom stereocenters. The van der Waals surface area contributed by atoms with Crippen LogP contribution in [-0.4, -0.2) is 17.7 Å². The summed E-state index contributed by atoms with van der Waals surface area (Å²) in [5, 5.41) is 9.76. The Morgan fingerprint density at radius 1 is 1.20 bits per heavy atom. The van der Waals surface area contributed by atoms with Gasteiger partial charge in [-0.25, -0.2) is 4.79 Å². The molecule has 5 heteroatoms. The first kappa shape index (κ1) is 11.5. The predicted octanol–water partition coefficient (Wildman–Crippen LogP) is 2.57. The molecule has 2 amide bonds. The highest BCUT2D eigenvalue weighted by atomic mass is 16.5. The van der Waals surface area contributed by atoms with Gasteiger partial charge in [0.25, 0.3) is 0 Å². The second-order valence-corrected chi connectivity index (χ2v) is 5.42. The summed E-state index contributed by atoms with van der Waals surface area (Å²) in [7, 11) is 0. The Balaban J connectivity index is 1.55. The molecule has 1 saturated heterocycles. The zero-order chi connectivity index (χ0) is 13.5. The van der Waals surface area contributed by atoms with Crippen LogP contribution >= 0.6 is 0 Å². The number of amides is 2. The van der Waals surface area contributed by atoms with E-state index in [-0.39, 0.29) is 12.1 Å². The molecule has 102 valence electrons. The van der Waals surface area contributed by atoms with Crippen LogP contribution in [0.3, 0.4) is 0 Å². The number of aromatic nitrogens is 1. The monoisotopic (exact) mass is 269 g/mol. The molecule has 1 atom stereocenters. The van der Waals surface area contributed by atoms with E-state index in [1.54, 1.807) is 0 Å². The van der Waals surface area contributed by atoms with Gasteiger partial charge in [-0.05, 0) is 18.4 Å². The molecule has 0 spiro atoms. The van der Waals surface area contributed by atoms with E-state index in [0.717, 1.165) is 22.6 Å². The lowest BCUT2D eigenvalue weighted by Gasteiger charge is -2.08. The van der Waals surface area contributed by atoms with Gasteiger partial charge in [-0.2, -0.15) is 0 Å². The largest absolute Gasteiger partial charge is 0.360 e. The molecule has 4 rings (SSSR count). The summed E-state index contributed by atoms with van der Waals surface area (Å²) < 4.78 is 5.37. The summed E-state index contributed by atoms with van der Waals surface area (Å²) in [6.45, 7) is 0.633. The van der Waals surface area contributed by atoms with E-state index < -0.39 is 0 Å². The van der Waals surface area contributed by atoms with Crippen molar-refractivity contribution in [1.29, 1.82) is 0 Å². The highest BCUT2D eigenvalue weighted by Gasteiger charge is 2.28. The zero-order valence-corrected chi connectivity index (χ0v) is 10.9. The average Bonchev–Trinajstić information content (AvgIpc) is 3.04. The molecule has 1 aliphatic carbocycles. The number of nitrogens with zero attached hydrogens (tertiary/aromatic N) is 1. The van der Waals surface area contributed by atoms with Crippen LogP contribution in [0.4, 0.5) is 4.79 Å². The molecule has 1 saturated carbocycles. The third-order valence-corrected chi connectivity index (χ3v) is 3.89. The van der Waals surface area contributed by atoms with Gasteiger partial charge in [-0.1, -0.05) is 29.4 Å². The third-order valence-electron chi connectivity index (χ3n) is 3.89. The maximum atomic E-state index is 11.1. The quantitative estimate of drug-likeness (QED) is 0.900. The summed E-state index contributed by atoms with van der Waals surface area (Å²) in [6.07, 6.45) is 2.42. The molecule has 2 fully saturated rings. The molecule has 2 aliphatic rings. The van der Waals surface area contributed by atoms with Gasteiger partial charge in [0.15, 0.2) is 0 Å². The van der Waals surface area contributed by atoms with Gasteiger partial charge in [0.05, 0.1) is 6.04 Å². The highest BCUT2D eigenvalue weighted by molar-refractivity contribution is 5.77. The van der Waals surface area contributed by atoms with Crippen molar-refractivity contribution in [2.45, 2.75) is 24.8 Å². The first-order chi connectivity index (χ1) is 9.79.